The molecular weight excluding hydrogens is 365 g/mol. The van der Waals surface area contributed by atoms with Gasteiger partial charge in [-0.3, -0.25) is 0 Å². The number of hydrogen-bond acceptors (Lipinski definition) is 5. The lowest BCUT2D eigenvalue weighted by atomic mass is 10.3. The standard InChI is InChI=1S/C11H13BrFN5O2S/c1-6(11-16-15-5-18(11)2)17-21(19,20)10-4-9(14)8(13)3-7(10)12/h3-6,17H,14H2,1-2H3. The molecule has 10 heteroatoms. The van der Waals surface area contributed by atoms with Crippen molar-refractivity contribution in [1.29, 1.82) is 0 Å². The summed E-state index contributed by atoms with van der Waals surface area (Å²) in [5.41, 5.74) is 5.18. The van der Waals surface area contributed by atoms with E-state index in [9.17, 15) is 12.8 Å². The molecule has 2 aromatic rings. The normalized spacial score (nSPS) is 13.3. The maximum absolute atomic E-state index is 13.3. The van der Waals surface area contributed by atoms with E-state index >= 15 is 0 Å². The highest BCUT2D eigenvalue weighted by Crippen LogP contribution is 2.27. The van der Waals surface area contributed by atoms with E-state index in [1.165, 1.54) is 6.33 Å². The summed E-state index contributed by atoms with van der Waals surface area (Å²) in [6.45, 7) is 1.63. The van der Waals surface area contributed by atoms with Crippen molar-refractivity contribution in [2.75, 3.05) is 5.73 Å². The number of nitrogen functional groups attached to an aromatic ring is 1. The molecule has 3 N–H and O–H groups in total. The molecule has 1 heterocycles. The Morgan fingerprint density at radius 1 is 1.48 bits per heavy atom. The maximum Gasteiger partial charge on any atom is 0.242 e. The molecule has 1 aromatic heterocycles. The predicted octanol–water partition coefficient (Wildman–Crippen LogP) is 1.34. The van der Waals surface area contributed by atoms with Crippen molar-refractivity contribution in [3.63, 3.8) is 0 Å². The average molecular weight is 378 g/mol. The predicted molar refractivity (Wildman–Crippen MR) is 78.3 cm³/mol. The Kier molecular flexibility index (Phi) is 4.30. The van der Waals surface area contributed by atoms with Gasteiger partial charge in [0.15, 0.2) is 0 Å². The molecule has 114 valence electrons. The SMILES string of the molecule is CC(NS(=O)(=O)c1cc(N)c(F)cc1Br)c1nncn1C. The van der Waals surface area contributed by atoms with E-state index in [4.69, 9.17) is 5.73 Å². The summed E-state index contributed by atoms with van der Waals surface area (Å²) in [4.78, 5) is -0.143. The summed E-state index contributed by atoms with van der Waals surface area (Å²) in [6.07, 6.45) is 1.46. The molecule has 1 aromatic carbocycles. The van der Waals surface area contributed by atoms with Gasteiger partial charge in [-0.15, -0.1) is 10.2 Å². The third-order valence-electron chi connectivity index (χ3n) is 2.81. The number of halogens is 2. The van der Waals surface area contributed by atoms with Gasteiger partial charge < -0.3 is 10.3 Å². The third-order valence-corrected chi connectivity index (χ3v) is 5.31. The highest BCUT2D eigenvalue weighted by atomic mass is 79.9. The number of benzene rings is 1. The van der Waals surface area contributed by atoms with Gasteiger partial charge in [-0.2, -0.15) is 0 Å². The molecule has 0 spiro atoms. The largest absolute Gasteiger partial charge is 0.396 e. The number of nitrogens with two attached hydrogens (primary N) is 1. The number of anilines is 1. The number of sulfonamides is 1. The van der Waals surface area contributed by atoms with Crippen LogP contribution in [-0.4, -0.2) is 23.2 Å². The molecule has 0 saturated carbocycles. The fourth-order valence-electron chi connectivity index (χ4n) is 1.78. The Bertz CT molecular complexity index is 777. The van der Waals surface area contributed by atoms with Crippen LogP contribution in [0.25, 0.3) is 0 Å². The molecule has 0 aliphatic carbocycles. The topological polar surface area (TPSA) is 103 Å². The van der Waals surface area contributed by atoms with E-state index in [0.717, 1.165) is 12.1 Å². The smallest absolute Gasteiger partial charge is 0.242 e. The maximum atomic E-state index is 13.3. The molecule has 0 aliphatic rings. The van der Waals surface area contributed by atoms with Gasteiger partial charge in [0.2, 0.25) is 10.0 Å². The minimum Gasteiger partial charge on any atom is -0.396 e. The van der Waals surface area contributed by atoms with Crippen molar-refractivity contribution >= 4 is 31.6 Å². The first-order valence-electron chi connectivity index (χ1n) is 5.83. The number of aromatic nitrogens is 3. The molecule has 0 aliphatic heterocycles. The zero-order chi connectivity index (χ0) is 15.8. The molecule has 1 unspecified atom stereocenters. The van der Waals surface area contributed by atoms with Crippen molar-refractivity contribution in [1.82, 2.24) is 19.5 Å². The van der Waals surface area contributed by atoms with Crippen molar-refractivity contribution in [3.8, 4) is 0 Å². The quantitative estimate of drug-likeness (QED) is 0.782. The lowest BCUT2D eigenvalue weighted by Gasteiger charge is -2.14. The average Bonchev–Trinajstić information content (AvgIpc) is 2.79. The fourth-order valence-corrected chi connectivity index (χ4v) is 4.03. The lowest BCUT2D eigenvalue weighted by molar-refractivity contribution is 0.552. The van der Waals surface area contributed by atoms with E-state index in [2.05, 4.69) is 30.8 Å². The highest BCUT2D eigenvalue weighted by molar-refractivity contribution is 9.10. The van der Waals surface area contributed by atoms with Gasteiger partial charge in [0, 0.05) is 11.5 Å². The number of aryl methyl sites for hydroxylation is 1. The van der Waals surface area contributed by atoms with Crippen LogP contribution in [0.4, 0.5) is 10.1 Å². The van der Waals surface area contributed by atoms with Crippen LogP contribution in [-0.2, 0) is 17.1 Å². The molecular formula is C11H13BrFN5O2S. The van der Waals surface area contributed by atoms with Crippen molar-refractivity contribution in [2.24, 2.45) is 7.05 Å². The van der Waals surface area contributed by atoms with Crippen LogP contribution < -0.4 is 10.5 Å². The van der Waals surface area contributed by atoms with E-state index in [0.29, 0.717) is 5.82 Å². The number of hydrogen-bond donors (Lipinski definition) is 2. The molecule has 2 rings (SSSR count). The zero-order valence-electron chi connectivity index (χ0n) is 11.2. The Labute approximate surface area is 129 Å². The summed E-state index contributed by atoms with van der Waals surface area (Å²) in [6, 6.07) is 1.46. The van der Waals surface area contributed by atoms with Crippen molar-refractivity contribution in [3.05, 3.63) is 34.6 Å². The van der Waals surface area contributed by atoms with Gasteiger partial charge in [0.25, 0.3) is 0 Å². The number of rotatable bonds is 4. The number of nitrogens with one attached hydrogen (secondary N) is 1. The van der Waals surface area contributed by atoms with Crippen LogP contribution in [0.3, 0.4) is 0 Å². The zero-order valence-corrected chi connectivity index (χ0v) is 13.6. The first kappa shape index (κ1) is 15.9. The fraction of sp³-hybridized carbons (Fsp3) is 0.273. The summed E-state index contributed by atoms with van der Waals surface area (Å²) in [5.74, 6) is -0.244. The molecule has 7 nitrogen and oxygen atoms in total. The molecule has 0 saturated heterocycles. The van der Waals surface area contributed by atoms with Gasteiger partial charge >= 0.3 is 0 Å². The Hall–Kier alpha value is -1.52. The van der Waals surface area contributed by atoms with Crippen molar-refractivity contribution < 1.29 is 12.8 Å². The molecule has 1 atom stereocenters. The van der Waals surface area contributed by atoms with Gasteiger partial charge in [-0.25, -0.2) is 17.5 Å². The van der Waals surface area contributed by atoms with Crippen LogP contribution >= 0.6 is 15.9 Å². The second-order valence-corrected chi connectivity index (χ2v) is 6.98. The molecule has 0 amide bonds. The molecule has 0 bridgehead atoms. The lowest BCUT2D eigenvalue weighted by Crippen LogP contribution is -2.29. The van der Waals surface area contributed by atoms with Gasteiger partial charge in [0.1, 0.15) is 18.0 Å². The van der Waals surface area contributed by atoms with Crippen molar-refractivity contribution in [2.45, 2.75) is 17.9 Å². The summed E-state index contributed by atoms with van der Waals surface area (Å²) in [5, 5.41) is 7.53. The van der Waals surface area contributed by atoms with E-state index in [1.54, 1.807) is 18.5 Å². The van der Waals surface area contributed by atoms with Crippen LogP contribution in [0.1, 0.15) is 18.8 Å². The van der Waals surface area contributed by atoms with E-state index in [1.807, 2.05) is 0 Å². The van der Waals surface area contributed by atoms with Crippen LogP contribution in [0, 0.1) is 5.82 Å². The summed E-state index contributed by atoms with van der Waals surface area (Å²) in [7, 11) is -2.20. The van der Waals surface area contributed by atoms with E-state index < -0.39 is 21.9 Å². The highest BCUT2D eigenvalue weighted by Gasteiger charge is 2.24. The minimum atomic E-state index is -3.90. The second kappa shape index (κ2) is 5.70. The van der Waals surface area contributed by atoms with Crippen LogP contribution in [0.15, 0.2) is 27.8 Å². The van der Waals surface area contributed by atoms with E-state index in [-0.39, 0.29) is 15.1 Å². The summed E-state index contributed by atoms with van der Waals surface area (Å²) >= 11 is 3.02. The Morgan fingerprint density at radius 3 is 2.71 bits per heavy atom. The Morgan fingerprint density at radius 2 is 2.14 bits per heavy atom. The third kappa shape index (κ3) is 3.22. The summed E-state index contributed by atoms with van der Waals surface area (Å²) < 4.78 is 42.1. The Balaban J connectivity index is 2.35. The first-order chi connectivity index (χ1) is 9.72. The van der Waals surface area contributed by atoms with Gasteiger partial charge in [-0.05, 0) is 35.0 Å². The number of nitrogens with zero attached hydrogens (tertiary/aromatic N) is 3. The van der Waals surface area contributed by atoms with Crippen LogP contribution in [0.5, 0.6) is 0 Å². The molecule has 21 heavy (non-hydrogen) atoms. The van der Waals surface area contributed by atoms with Gasteiger partial charge in [0.05, 0.1) is 16.6 Å². The van der Waals surface area contributed by atoms with Gasteiger partial charge in [-0.1, -0.05) is 0 Å². The monoisotopic (exact) mass is 377 g/mol. The minimum absolute atomic E-state index is 0.0897. The molecule has 0 fully saturated rings. The van der Waals surface area contributed by atoms with Crippen LogP contribution in [0.2, 0.25) is 0 Å². The molecule has 0 radical (unpaired) electrons. The second-order valence-electron chi connectivity index (χ2n) is 4.45. The first-order valence-corrected chi connectivity index (χ1v) is 8.10.